The lowest BCUT2D eigenvalue weighted by Gasteiger charge is -2.19. The normalized spacial score (nSPS) is 22.6. The highest BCUT2D eigenvalue weighted by Gasteiger charge is 2.22. The van der Waals surface area contributed by atoms with E-state index < -0.39 is 0 Å². The second-order valence-electron chi connectivity index (χ2n) is 5.34. The zero-order valence-corrected chi connectivity index (χ0v) is 11.8. The van der Waals surface area contributed by atoms with E-state index in [1.165, 1.54) is 0 Å². The Morgan fingerprint density at radius 3 is 2.70 bits per heavy atom. The molecule has 1 saturated heterocycles. The minimum Gasteiger partial charge on any atom is -0.496 e. The molecule has 0 unspecified atom stereocenters. The molecule has 1 fully saturated rings. The number of hydrogen-bond donors (Lipinski definition) is 1. The summed E-state index contributed by atoms with van der Waals surface area (Å²) in [5.74, 6) is 2.36. The van der Waals surface area contributed by atoms with E-state index in [1.54, 1.807) is 7.11 Å². The van der Waals surface area contributed by atoms with Gasteiger partial charge in [0, 0.05) is 37.7 Å². The fraction of sp³-hybridized carbons (Fsp3) is 0.600. The molecule has 1 N–H and O–H groups in total. The van der Waals surface area contributed by atoms with Gasteiger partial charge in [0.2, 0.25) is 0 Å². The van der Waals surface area contributed by atoms with Gasteiger partial charge >= 0.3 is 0 Å². The number of rotatable bonds is 3. The zero-order chi connectivity index (χ0) is 13.9. The van der Waals surface area contributed by atoms with Crippen LogP contribution >= 0.6 is 0 Å². The number of benzene rings is 1. The van der Waals surface area contributed by atoms with E-state index in [0.717, 1.165) is 55.3 Å². The first kappa shape index (κ1) is 13.5. The van der Waals surface area contributed by atoms with Gasteiger partial charge in [0.05, 0.1) is 26.4 Å². The second kappa shape index (κ2) is 5.89. The maximum Gasteiger partial charge on any atom is 0.164 e. The Labute approximate surface area is 119 Å². The molecule has 20 heavy (non-hydrogen) atoms. The first-order chi connectivity index (χ1) is 9.76. The molecule has 5 heteroatoms. The Bertz CT molecular complexity index is 477. The molecular weight excluding hydrogens is 258 g/mol. The highest BCUT2D eigenvalue weighted by Crippen LogP contribution is 2.37. The highest BCUT2D eigenvalue weighted by atomic mass is 16.5. The summed E-state index contributed by atoms with van der Waals surface area (Å²) in [5.41, 5.74) is 1.07. The molecule has 5 nitrogen and oxygen atoms in total. The van der Waals surface area contributed by atoms with Crippen LogP contribution in [0.4, 0.5) is 0 Å². The predicted octanol–water partition coefficient (Wildman–Crippen LogP) is 1.42. The summed E-state index contributed by atoms with van der Waals surface area (Å²) in [5, 5.41) is 9.62. The van der Waals surface area contributed by atoms with Gasteiger partial charge in [0.1, 0.15) is 5.75 Å². The lowest BCUT2D eigenvalue weighted by molar-refractivity contribution is 0.174. The number of fused-ring (bicyclic) bond motifs is 1. The molecule has 0 saturated carbocycles. The number of ether oxygens (including phenoxy) is 3. The number of methoxy groups -OCH3 is 1. The van der Waals surface area contributed by atoms with E-state index in [9.17, 15) is 5.11 Å². The smallest absolute Gasteiger partial charge is 0.164 e. The van der Waals surface area contributed by atoms with Crippen LogP contribution in [0.15, 0.2) is 12.1 Å². The van der Waals surface area contributed by atoms with Gasteiger partial charge in [0.25, 0.3) is 0 Å². The van der Waals surface area contributed by atoms with Crippen LogP contribution < -0.4 is 14.2 Å². The number of likely N-dealkylation sites (tertiary alicyclic amines) is 1. The van der Waals surface area contributed by atoms with Crippen LogP contribution in [0.3, 0.4) is 0 Å². The molecule has 1 atom stereocenters. The van der Waals surface area contributed by atoms with Crippen LogP contribution in [0.2, 0.25) is 0 Å². The Balaban J connectivity index is 1.83. The van der Waals surface area contributed by atoms with E-state index in [2.05, 4.69) is 4.90 Å². The lowest BCUT2D eigenvalue weighted by Crippen LogP contribution is -2.21. The summed E-state index contributed by atoms with van der Waals surface area (Å²) in [4.78, 5) is 2.23. The molecule has 2 aliphatic rings. The van der Waals surface area contributed by atoms with E-state index in [-0.39, 0.29) is 6.10 Å². The van der Waals surface area contributed by atoms with Crippen molar-refractivity contribution >= 4 is 0 Å². The molecule has 2 aliphatic heterocycles. The average molecular weight is 279 g/mol. The molecular formula is C15H21NO4. The van der Waals surface area contributed by atoms with Crippen molar-refractivity contribution in [2.45, 2.75) is 25.5 Å². The number of aliphatic hydroxyl groups is 1. The molecule has 0 aliphatic carbocycles. The van der Waals surface area contributed by atoms with E-state index >= 15 is 0 Å². The molecule has 0 spiro atoms. The standard InChI is InChI=1S/C15H21NO4/c1-18-13-8-15-14(19-5-2-6-20-15)7-11(13)9-16-4-3-12(17)10-16/h7-8,12,17H,2-6,9-10H2,1H3/t12-/m1/s1. The number of hydrogen-bond acceptors (Lipinski definition) is 5. The monoisotopic (exact) mass is 279 g/mol. The summed E-state index contributed by atoms with van der Waals surface area (Å²) in [6.07, 6.45) is 1.53. The van der Waals surface area contributed by atoms with Crippen molar-refractivity contribution in [3.63, 3.8) is 0 Å². The lowest BCUT2D eigenvalue weighted by atomic mass is 10.1. The zero-order valence-electron chi connectivity index (χ0n) is 11.8. The number of β-amino-alcohol motifs (C(OH)–C–C–N with tert-alkyl or cyclic N) is 1. The van der Waals surface area contributed by atoms with Gasteiger partial charge in [-0.15, -0.1) is 0 Å². The Morgan fingerprint density at radius 1 is 1.30 bits per heavy atom. The van der Waals surface area contributed by atoms with Crippen LogP contribution in [0.25, 0.3) is 0 Å². The summed E-state index contributed by atoms with van der Waals surface area (Å²) < 4.78 is 16.9. The Morgan fingerprint density at radius 2 is 2.05 bits per heavy atom. The largest absolute Gasteiger partial charge is 0.496 e. The fourth-order valence-corrected chi connectivity index (χ4v) is 2.74. The SMILES string of the molecule is COc1cc2c(cc1CN1CC[C@@H](O)C1)OCCCO2. The van der Waals surface area contributed by atoms with Crippen LogP contribution in [-0.4, -0.2) is 49.5 Å². The molecule has 0 amide bonds. The molecule has 0 bridgehead atoms. The van der Waals surface area contributed by atoms with Gasteiger partial charge in [-0.3, -0.25) is 4.90 Å². The first-order valence-electron chi connectivity index (χ1n) is 7.13. The molecule has 0 aromatic heterocycles. The van der Waals surface area contributed by atoms with Gasteiger partial charge in [-0.25, -0.2) is 0 Å². The van der Waals surface area contributed by atoms with Gasteiger partial charge in [-0.2, -0.15) is 0 Å². The molecule has 3 rings (SSSR count). The van der Waals surface area contributed by atoms with Gasteiger partial charge < -0.3 is 19.3 Å². The van der Waals surface area contributed by atoms with Crippen molar-refractivity contribution < 1.29 is 19.3 Å². The van der Waals surface area contributed by atoms with E-state index in [0.29, 0.717) is 13.2 Å². The van der Waals surface area contributed by atoms with Crippen LogP contribution in [0.5, 0.6) is 17.2 Å². The third-order valence-electron chi connectivity index (χ3n) is 3.79. The Kier molecular flexibility index (Phi) is 3.98. The van der Waals surface area contributed by atoms with Crippen LogP contribution in [-0.2, 0) is 6.54 Å². The van der Waals surface area contributed by atoms with E-state index in [4.69, 9.17) is 14.2 Å². The summed E-state index contributed by atoms with van der Waals surface area (Å²) in [6, 6.07) is 3.91. The van der Waals surface area contributed by atoms with Crippen molar-refractivity contribution in [1.82, 2.24) is 4.90 Å². The maximum absolute atomic E-state index is 9.62. The summed E-state index contributed by atoms with van der Waals surface area (Å²) in [6.45, 7) is 3.75. The quantitative estimate of drug-likeness (QED) is 0.907. The molecule has 0 radical (unpaired) electrons. The molecule has 110 valence electrons. The van der Waals surface area contributed by atoms with Gasteiger partial charge in [-0.1, -0.05) is 0 Å². The minimum atomic E-state index is -0.207. The molecule has 1 aromatic carbocycles. The summed E-state index contributed by atoms with van der Waals surface area (Å²) in [7, 11) is 1.67. The van der Waals surface area contributed by atoms with Crippen molar-refractivity contribution in [3.05, 3.63) is 17.7 Å². The highest BCUT2D eigenvalue weighted by molar-refractivity contribution is 5.51. The predicted molar refractivity (Wildman–Crippen MR) is 74.5 cm³/mol. The number of aliphatic hydroxyl groups excluding tert-OH is 1. The van der Waals surface area contributed by atoms with Gasteiger partial charge in [0.15, 0.2) is 11.5 Å². The van der Waals surface area contributed by atoms with Crippen molar-refractivity contribution in [3.8, 4) is 17.2 Å². The third-order valence-corrected chi connectivity index (χ3v) is 3.79. The third kappa shape index (κ3) is 2.83. The minimum absolute atomic E-state index is 0.207. The molecule has 1 aromatic rings. The number of nitrogens with zero attached hydrogens (tertiary/aromatic N) is 1. The van der Waals surface area contributed by atoms with Gasteiger partial charge in [-0.05, 0) is 12.5 Å². The second-order valence-corrected chi connectivity index (χ2v) is 5.34. The van der Waals surface area contributed by atoms with Crippen LogP contribution in [0.1, 0.15) is 18.4 Å². The van der Waals surface area contributed by atoms with Crippen molar-refractivity contribution in [2.24, 2.45) is 0 Å². The first-order valence-corrected chi connectivity index (χ1v) is 7.13. The average Bonchev–Trinajstić information content (AvgIpc) is 2.72. The summed E-state index contributed by atoms with van der Waals surface area (Å²) >= 11 is 0. The van der Waals surface area contributed by atoms with Crippen molar-refractivity contribution in [2.75, 3.05) is 33.4 Å². The molecule has 2 heterocycles. The van der Waals surface area contributed by atoms with Crippen molar-refractivity contribution in [1.29, 1.82) is 0 Å². The topological polar surface area (TPSA) is 51.2 Å². The van der Waals surface area contributed by atoms with Crippen LogP contribution in [0, 0.1) is 0 Å². The maximum atomic E-state index is 9.62. The van der Waals surface area contributed by atoms with E-state index in [1.807, 2.05) is 12.1 Å². The Hall–Kier alpha value is -1.46. The fourth-order valence-electron chi connectivity index (χ4n) is 2.74.